The van der Waals surface area contributed by atoms with Gasteiger partial charge in [0.05, 0.1) is 19.8 Å². The number of hydrogen-bond donors (Lipinski definition) is 3. The number of nitrogens with one attached hydrogen (secondary N) is 2. The van der Waals surface area contributed by atoms with Crippen LogP contribution in [0.1, 0.15) is 24.5 Å². The highest BCUT2D eigenvalue weighted by Gasteiger charge is 2.08. The number of benzene rings is 1. The van der Waals surface area contributed by atoms with Crippen LogP contribution in [0, 0.1) is 6.92 Å². The summed E-state index contributed by atoms with van der Waals surface area (Å²) in [6, 6.07) is 5.30. The van der Waals surface area contributed by atoms with E-state index in [0.717, 1.165) is 16.9 Å². The Balaban J connectivity index is 2.48. The molecule has 1 aromatic rings. The number of aliphatic hydroxyl groups is 1. The Hall–Kier alpha value is -1.75. The molecule has 0 aliphatic carbocycles. The molecule has 0 aliphatic heterocycles. The van der Waals surface area contributed by atoms with Crippen molar-refractivity contribution in [1.29, 1.82) is 0 Å². The maximum Gasteiger partial charge on any atom is 0.315 e. The molecule has 0 fully saturated rings. The maximum atomic E-state index is 11.6. The van der Waals surface area contributed by atoms with Crippen LogP contribution in [-0.4, -0.2) is 30.9 Å². The van der Waals surface area contributed by atoms with Crippen LogP contribution < -0.4 is 15.4 Å². The lowest BCUT2D eigenvalue weighted by Gasteiger charge is -2.15. The summed E-state index contributed by atoms with van der Waals surface area (Å²) in [6.45, 7) is 4.26. The molecular weight excluding hydrogens is 244 g/mol. The fraction of sp³-hybridized carbons (Fsp3) is 0.500. The number of hydrogen-bond acceptors (Lipinski definition) is 3. The quantitative estimate of drug-likeness (QED) is 0.732. The molecule has 5 heteroatoms. The third kappa shape index (κ3) is 4.79. The van der Waals surface area contributed by atoms with Crippen LogP contribution in [0.3, 0.4) is 0 Å². The van der Waals surface area contributed by atoms with Crippen LogP contribution in [0.25, 0.3) is 0 Å². The lowest BCUT2D eigenvalue weighted by atomic mass is 10.1. The molecule has 0 aromatic heterocycles. The van der Waals surface area contributed by atoms with Crippen LogP contribution in [0.4, 0.5) is 4.79 Å². The first-order valence-electron chi connectivity index (χ1n) is 6.39. The first-order valence-corrected chi connectivity index (χ1v) is 6.39. The van der Waals surface area contributed by atoms with E-state index >= 15 is 0 Å². The van der Waals surface area contributed by atoms with Crippen LogP contribution in [0.15, 0.2) is 18.2 Å². The highest BCUT2D eigenvalue weighted by Crippen LogP contribution is 2.18. The number of aryl methyl sites for hydroxylation is 1. The van der Waals surface area contributed by atoms with Gasteiger partial charge in [0.1, 0.15) is 5.75 Å². The van der Waals surface area contributed by atoms with Crippen molar-refractivity contribution in [3.63, 3.8) is 0 Å². The fourth-order valence-electron chi connectivity index (χ4n) is 1.75. The standard InChI is InChI=1S/C14H22N2O3/c1-4-12(9-17)16-14(18)15-8-11-5-6-13(19-3)10(2)7-11/h5-7,12,17H,4,8-9H2,1-3H3,(H2,15,16,18). The van der Waals surface area contributed by atoms with E-state index in [4.69, 9.17) is 9.84 Å². The average Bonchev–Trinajstić information content (AvgIpc) is 2.42. The Bertz CT molecular complexity index is 417. The van der Waals surface area contributed by atoms with Crippen molar-refractivity contribution in [2.45, 2.75) is 32.9 Å². The molecule has 106 valence electrons. The first kappa shape index (κ1) is 15.3. The van der Waals surface area contributed by atoms with E-state index in [0.29, 0.717) is 13.0 Å². The molecule has 0 saturated heterocycles. The molecule has 2 amide bonds. The Morgan fingerprint density at radius 3 is 2.74 bits per heavy atom. The third-order valence-electron chi connectivity index (χ3n) is 2.96. The monoisotopic (exact) mass is 266 g/mol. The summed E-state index contributed by atoms with van der Waals surface area (Å²) in [5.74, 6) is 0.833. The van der Waals surface area contributed by atoms with Crippen molar-refractivity contribution >= 4 is 6.03 Å². The van der Waals surface area contributed by atoms with Gasteiger partial charge in [0, 0.05) is 6.54 Å². The van der Waals surface area contributed by atoms with Gasteiger partial charge in [-0.15, -0.1) is 0 Å². The predicted octanol–water partition coefficient (Wildman–Crippen LogP) is 1.57. The summed E-state index contributed by atoms with van der Waals surface area (Å²) >= 11 is 0. The van der Waals surface area contributed by atoms with Crippen molar-refractivity contribution in [2.75, 3.05) is 13.7 Å². The number of aliphatic hydroxyl groups excluding tert-OH is 1. The fourth-order valence-corrected chi connectivity index (χ4v) is 1.75. The molecule has 1 unspecified atom stereocenters. The topological polar surface area (TPSA) is 70.6 Å². The summed E-state index contributed by atoms with van der Waals surface area (Å²) in [5, 5.41) is 14.5. The van der Waals surface area contributed by atoms with Gasteiger partial charge in [-0.2, -0.15) is 0 Å². The molecular formula is C14H22N2O3. The summed E-state index contributed by atoms with van der Waals surface area (Å²) in [4.78, 5) is 11.6. The summed E-state index contributed by atoms with van der Waals surface area (Å²) in [7, 11) is 1.63. The van der Waals surface area contributed by atoms with E-state index in [1.165, 1.54) is 0 Å². The van der Waals surface area contributed by atoms with Gasteiger partial charge in [0.25, 0.3) is 0 Å². The van der Waals surface area contributed by atoms with E-state index in [9.17, 15) is 4.79 Å². The number of rotatable bonds is 6. The van der Waals surface area contributed by atoms with Crippen molar-refractivity contribution in [1.82, 2.24) is 10.6 Å². The Labute approximate surface area is 114 Å². The first-order chi connectivity index (χ1) is 9.10. The van der Waals surface area contributed by atoms with Gasteiger partial charge >= 0.3 is 6.03 Å². The molecule has 0 aliphatic rings. The number of methoxy groups -OCH3 is 1. The van der Waals surface area contributed by atoms with Gasteiger partial charge in [-0.3, -0.25) is 0 Å². The minimum atomic E-state index is -0.269. The molecule has 0 spiro atoms. The minimum absolute atomic E-state index is 0.0500. The number of carbonyl (C=O) groups excluding carboxylic acids is 1. The Morgan fingerprint density at radius 2 is 2.21 bits per heavy atom. The van der Waals surface area contributed by atoms with Crippen LogP contribution in [-0.2, 0) is 6.54 Å². The minimum Gasteiger partial charge on any atom is -0.496 e. The van der Waals surface area contributed by atoms with Crippen molar-refractivity contribution in [2.24, 2.45) is 0 Å². The zero-order valence-electron chi connectivity index (χ0n) is 11.7. The van der Waals surface area contributed by atoms with Gasteiger partial charge < -0.3 is 20.5 Å². The number of carbonyl (C=O) groups is 1. The number of urea groups is 1. The van der Waals surface area contributed by atoms with Crippen molar-refractivity contribution < 1.29 is 14.6 Å². The smallest absolute Gasteiger partial charge is 0.315 e. The van der Waals surface area contributed by atoms with Gasteiger partial charge in [-0.05, 0) is 30.5 Å². The Morgan fingerprint density at radius 1 is 1.47 bits per heavy atom. The van der Waals surface area contributed by atoms with Crippen LogP contribution in [0.5, 0.6) is 5.75 Å². The molecule has 1 atom stereocenters. The van der Waals surface area contributed by atoms with Crippen molar-refractivity contribution in [3.05, 3.63) is 29.3 Å². The largest absolute Gasteiger partial charge is 0.496 e. The molecule has 0 bridgehead atoms. The summed E-state index contributed by atoms with van der Waals surface area (Å²) in [6.07, 6.45) is 0.700. The maximum absolute atomic E-state index is 11.6. The molecule has 5 nitrogen and oxygen atoms in total. The predicted molar refractivity (Wildman–Crippen MR) is 74.3 cm³/mol. The number of amides is 2. The normalized spacial score (nSPS) is 11.8. The third-order valence-corrected chi connectivity index (χ3v) is 2.96. The van der Waals surface area contributed by atoms with E-state index in [1.807, 2.05) is 32.0 Å². The second kappa shape index (κ2) is 7.63. The molecule has 1 aromatic carbocycles. The lowest BCUT2D eigenvalue weighted by Crippen LogP contribution is -2.43. The van der Waals surface area contributed by atoms with Crippen LogP contribution in [0.2, 0.25) is 0 Å². The van der Waals surface area contributed by atoms with E-state index < -0.39 is 0 Å². The summed E-state index contributed by atoms with van der Waals surface area (Å²) in [5.41, 5.74) is 2.04. The molecule has 3 N–H and O–H groups in total. The molecule has 1 rings (SSSR count). The van der Waals surface area contributed by atoms with Gasteiger partial charge in [0.2, 0.25) is 0 Å². The highest BCUT2D eigenvalue weighted by molar-refractivity contribution is 5.74. The second-order valence-electron chi connectivity index (χ2n) is 4.42. The Kier molecular flexibility index (Phi) is 6.15. The lowest BCUT2D eigenvalue weighted by molar-refractivity contribution is 0.214. The van der Waals surface area contributed by atoms with Gasteiger partial charge in [0.15, 0.2) is 0 Å². The molecule has 19 heavy (non-hydrogen) atoms. The van der Waals surface area contributed by atoms with Gasteiger partial charge in [-0.1, -0.05) is 19.1 Å². The molecule has 0 radical (unpaired) electrons. The zero-order valence-corrected chi connectivity index (χ0v) is 11.7. The highest BCUT2D eigenvalue weighted by atomic mass is 16.5. The van der Waals surface area contributed by atoms with E-state index in [-0.39, 0.29) is 18.7 Å². The van der Waals surface area contributed by atoms with Gasteiger partial charge in [-0.25, -0.2) is 4.79 Å². The number of ether oxygens (including phenoxy) is 1. The van der Waals surface area contributed by atoms with E-state index in [2.05, 4.69) is 10.6 Å². The van der Waals surface area contributed by atoms with E-state index in [1.54, 1.807) is 7.11 Å². The van der Waals surface area contributed by atoms with Crippen molar-refractivity contribution in [3.8, 4) is 5.75 Å². The molecule has 0 heterocycles. The zero-order chi connectivity index (χ0) is 14.3. The SMILES string of the molecule is CCC(CO)NC(=O)NCc1ccc(OC)c(C)c1. The summed E-state index contributed by atoms with van der Waals surface area (Å²) < 4.78 is 5.18. The molecule has 0 saturated carbocycles. The second-order valence-corrected chi connectivity index (χ2v) is 4.42. The van der Waals surface area contributed by atoms with Crippen LogP contribution >= 0.6 is 0 Å². The average molecular weight is 266 g/mol.